The molecular formula is C26H33ClN2O2. The number of halogens is 1. The molecule has 31 heavy (non-hydrogen) atoms. The van der Waals surface area contributed by atoms with Crippen molar-refractivity contribution in [2.45, 2.75) is 69.9 Å². The molecule has 2 aromatic rings. The Bertz CT molecular complexity index is 923. The zero-order chi connectivity index (χ0) is 22.0. The monoisotopic (exact) mass is 440 g/mol. The molecule has 2 aliphatic rings. The lowest BCUT2D eigenvalue weighted by molar-refractivity contribution is -0.117. The first kappa shape index (κ1) is 22.3. The molecule has 2 aromatic carbocycles. The van der Waals surface area contributed by atoms with Gasteiger partial charge < -0.3 is 10.4 Å². The number of hydrogen-bond donors (Lipinski definition) is 2. The molecule has 0 aromatic heterocycles. The number of nitrogens with zero attached hydrogens (tertiary/aromatic N) is 1. The molecule has 0 spiro atoms. The first-order valence-corrected chi connectivity index (χ1v) is 11.8. The summed E-state index contributed by atoms with van der Waals surface area (Å²) in [7, 11) is 0. The van der Waals surface area contributed by atoms with Crippen molar-refractivity contribution in [3.8, 4) is 0 Å². The van der Waals surface area contributed by atoms with E-state index in [1.165, 1.54) is 12.0 Å². The number of hydrogen-bond acceptors (Lipinski definition) is 3. The van der Waals surface area contributed by atoms with Crippen molar-refractivity contribution in [3.63, 3.8) is 0 Å². The summed E-state index contributed by atoms with van der Waals surface area (Å²) >= 11 is 6.68. The number of carbonyl (C=O) groups is 1. The smallest absolute Gasteiger partial charge is 0.225 e. The Morgan fingerprint density at radius 3 is 2.55 bits per heavy atom. The second-order valence-corrected chi connectivity index (χ2v) is 10.1. The first-order chi connectivity index (χ1) is 14.8. The van der Waals surface area contributed by atoms with Gasteiger partial charge in [0, 0.05) is 24.9 Å². The standard InChI is InChI=1S/C26H33ClN2O2/c1-26(2)17-23(30)28-25-21(26)14-20(15-22(25)27)19(13-18-9-5-3-6-10-18)16-24(31)29-11-7-4-8-12-29/h3,5-6,9-10,14-15,19,24,31H,4,7-8,11-13,16-17H2,1-2H3,(H,28,30)/t19-,24?/m1/s1. The summed E-state index contributed by atoms with van der Waals surface area (Å²) in [4.78, 5) is 14.4. The average Bonchev–Trinajstić information content (AvgIpc) is 2.74. The Balaban J connectivity index is 1.67. The van der Waals surface area contributed by atoms with E-state index in [2.05, 4.69) is 54.4 Å². The first-order valence-electron chi connectivity index (χ1n) is 11.4. The minimum absolute atomic E-state index is 0.00788. The van der Waals surface area contributed by atoms with Crippen molar-refractivity contribution < 1.29 is 9.90 Å². The number of nitrogens with one attached hydrogen (secondary N) is 1. The topological polar surface area (TPSA) is 52.6 Å². The van der Waals surface area contributed by atoms with Crippen LogP contribution in [0.4, 0.5) is 5.69 Å². The van der Waals surface area contributed by atoms with Crippen molar-refractivity contribution in [1.82, 2.24) is 4.90 Å². The fourth-order valence-electron chi connectivity index (χ4n) is 5.06. The second kappa shape index (κ2) is 9.32. The number of benzene rings is 2. The Morgan fingerprint density at radius 2 is 1.84 bits per heavy atom. The number of likely N-dealkylation sites (tertiary alicyclic amines) is 1. The van der Waals surface area contributed by atoms with Crippen LogP contribution < -0.4 is 5.32 Å². The number of carbonyl (C=O) groups excluding carboxylic acids is 1. The average molecular weight is 441 g/mol. The number of fused-ring (bicyclic) bond motifs is 1. The highest BCUT2D eigenvalue weighted by atomic mass is 35.5. The maximum Gasteiger partial charge on any atom is 0.225 e. The zero-order valence-corrected chi connectivity index (χ0v) is 19.3. The normalized spacial score (nSPS) is 20.6. The van der Waals surface area contributed by atoms with Crippen LogP contribution in [0.15, 0.2) is 42.5 Å². The molecule has 5 heteroatoms. The number of rotatable bonds is 6. The summed E-state index contributed by atoms with van der Waals surface area (Å²) in [6, 6.07) is 14.6. The van der Waals surface area contributed by atoms with Crippen LogP contribution in [-0.2, 0) is 16.6 Å². The minimum atomic E-state index is -0.462. The van der Waals surface area contributed by atoms with Crippen LogP contribution >= 0.6 is 11.6 Å². The van der Waals surface area contributed by atoms with Gasteiger partial charge in [-0.25, -0.2) is 0 Å². The second-order valence-electron chi connectivity index (χ2n) is 9.73. The highest BCUT2D eigenvalue weighted by Crippen LogP contribution is 2.43. The van der Waals surface area contributed by atoms with Gasteiger partial charge in [0.25, 0.3) is 0 Å². The molecule has 1 unspecified atom stereocenters. The van der Waals surface area contributed by atoms with Gasteiger partial charge in [-0.1, -0.05) is 68.3 Å². The van der Waals surface area contributed by atoms with E-state index >= 15 is 0 Å². The minimum Gasteiger partial charge on any atom is -0.378 e. The quantitative estimate of drug-likeness (QED) is 0.625. The van der Waals surface area contributed by atoms with Crippen molar-refractivity contribution in [2.75, 3.05) is 18.4 Å². The Labute approximate surface area is 190 Å². The molecule has 166 valence electrons. The lowest BCUT2D eigenvalue weighted by atomic mass is 9.76. The van der Waals surface area contributed by atoms with Crippen molar-refractivity contribution in [3.05, 3.63) is 64.2 Å². The van der Waals surface area contributed by atoms with Crippen LogP contribution in [0.1, 0.15) is 68.6 Å². The van der Waals surface area contributed by atoms with Crippen LogP contribution in [0.3, 0.4) is 0 Å². The fraction of sp³-hybridized carbons (Fsp3) is 0.500. The van der Waals surface area contributed by atoms with Gasteiger partial charge in [0.1, 0.15) is 6.23 Å². The third kappa shape index (κ3) is 5.14. The number of piperidine rings is 1. The summed E-state index contributed by atoms with van der Waals surface area (Å²) in [5.41, 5.74) is 3.93. The van der Waals surface area contributed by atoms with E-state index < -0.39 is 6.23 Å². The lowest BCUT2D eigenvalue weighted by Gasteiger charge is -2.35. The van der Waals surface area contributed by atoms with Gasteiger partial charge in [-0.2, -0.15) is 0 Å². The Hall–Kier alpha value is -1.88. The van der Waals surface area contributed by atoms with E-state index in [-0.39, 0.29) is 17.2 Å². The summed E-state index contributed by atoms with van der Waals surface area (Å²) in [6.45, 7) is 6.12. The van der Waals surface area contributed by atoms with Crippen LogP contribution in [0, 0.1) is 0 Å². The van der Waals surface area contributed by atoms with Gasteiger partial charge in [-0.3, -0.25) is 9.69 Å². The highest BCUT2D eigenvalue weighted by molar-refractivity contribution is 6.34. The van der Waals surface area contributed by atoms with Crippen LogP contribution in [0.2, 0.25) is 5.02 Å². The molecule has 0 aliphatic carbocycles. The van der Waals surface area contributed by atoms with E-state index in [0.29, 0.717) is 17.9 Å². The van der Waals surface area contributed by atoms with E-state index in [1.807, 2.05) is 12.1 Å². The predicted octanol–water partition coefficient (Wildman–Crippen LogP) is 5.48. The highest BCUT2D eigenvalue weighted by Gasteiger charge is 2.34. The molecule has 0 saturated carbocycles. The molecule has 2 N–H and O–H groups in total. The molecule has 2 heterocycles. The molecule has 0 bridgehead atoms. The molecule has 2 atom stereocenters. The predicted molar refractivity (Wildman–Crippen MR) is 127 cm³/mol. The lowest BCUT2D eigenvalue weighted by Crippen LogP contribution is -2.40. The van der Waals surface area contributed by atoms with Gasteiger partial charge in [-0.15, -0.1) is 0 Å². The Kier molecular flexibility index (Phi) is 6.71. The SMILES string of the molecule is CC1(C)CC(=O)Nc2c(Cl)cc([C@H](Cc3ccccc3)CC(O)N3CCCCC3)cc21. The molecule has 1 fully saturated rings. The molecular weight excluding hydrogens is 408 g/mol. The summed E-state index contributed by atoms with van der Waals surface area (Å²) in [6.07, 6.45) is 5.04. The molecule has 2 aliphatic heterocycles. The molecule has 0 radical (unpaired) electrons. The third-order valence-electron chi connectivity index (χ3n) is 6.81. The largest absolute Gasteiger partial charge is 0.378 e. The fourth-order valence-corrected chi connectivity index (χ4v) is 5.34. The number of anilines is 1. The van der Waals surface area contributed by atoms with E-state index in [0.717, 1.165) is 49.2 Å². The van der Waals surface area contributed by atoms with Crippen LogP contribution in [0.25, 0.3) is 0 Å². The van der Waals surface area contributed by atoms with Gasteiger partial charge in [0.2, 0.25) is 5.91 Å². The summed E-state index contributed by atoms with van der Waals surface area (Å²) < 4.78 is 0. The third-order valence-corrected chi connectivity index (χ3v) is 7.11. The van der Waals surface area contributed by atoms with Crippen molar-refractivity contribution in [1.29, 1.82) is 0 Å². The van der Waals surface area contributed by atoms with Gasteiger partial charge in [-0.05, 0) is 54.4 Å². The Morgan fingerprint density at radius 1 is 1.13 bits per heavy atom. The van der Waals surface area contributed by atoms with Crippen molar-refractivity contribution in [2.24, 2.45) is 0 Å². The molecule has 1 amide bonds. The van der Waals surface area contributed by atoms with E-state index in [1.54, 1.807) is 0 Å². The van der Waals surface area contributed by atoms with E-state index in [4.69, 9.17) is 11.6 Å². The summed E-state index contributed by atoms with van der Waals surface area (Å²) in [5.74, 6) is 0.143. The summed E-state index contributed by atoms with van der Waals surface area (Å²) in [5, 5.41) is 14.6. The van der Waals surface area contributed by atoms with Crippen LogP contribution in [-0.4, -0.2) is 35.2 Å². The van der Waals surface area contributed by atoms with Gasteiger partial charge in [0.05, 0.1) is 10.7 Å². The number of aliphatic hydroxyl groups is 1. The zero-order valence-electron chi connectivity index (χ0n) is 18.5. The van der Waals surface area contributed by atoms with Gasteiger partial charge >= 0.3 is 0 Å². The number of amides is 1. The molecule has 1 saturated heterocycles. The maximum atomic E-state index is 12.2. The molecule has 4 rings (SSSR count). The maximum absolute atomic E-state index is 12.2. The van der Waals surface area contributed by atoms with Crippen LogP contribution in [0.5, 0.6) is 0 Å². The van der Waals surface area contributed by atoms with Gasteiger partial charge in [0.15, 0.2) is 0 Å². The van der Waals surface area contributed by atoms with E-state index in [9.17, 15) is 9.90 Å². The van der Waals surface area contributed by atoms with Crippen molar-refractivity contribution >= 4 is 23.2 Å². The number of aliphatic hydroxyl groups excluding tert-OH is 1. The molecule has 4 nitrogen and oxygen atoms in total.